The smallest absolute Gasteiger partial charge is 0.221 e. The summed E-state index contributed by atoms with van der Waals surface area (Å²) in [4.78, 5) is 21.9. The summed E-state index contributed by atoms with van der Waals surface area (Å²) in [6, 6.07) is 7.54. The number of aromatic nitrogens is 2. The van der Waals surface area contributed by atoms with Gasteiger partial charge in [-0.05, 0) is 0 Å². The van der Waals surface area contributed by atoms with E-state index in [1.54, 1.807) is 0 Å². The van der Waals surface area contributed by atoms with E-state index in [1.165, 1.54) is 13.8 Å². The maximum absolute atomic E-state index is 11.0. The van der Waals surface area contributed by atoms with Crippen molar-refractivity contribution in [1.82, 2.24) is 0 Å². The molecule has 0 aliphatic rings. The zero-order valence-corrected chi connectivity index (χ0v) is 15.7. The minimum atomic E-state index is -0.0677. The van der Waals surface area contributed by atoms with E-state index in [1.807, 2.05) is 49.1 Å². The van der Waals surface area contributed by atoms with Gasteiger partial charge in [-0.25, -0.2) is 9.13 Å². The summed E-state index contributed by atoms with van der Waals surface area (Å²) in [7, 11) is 0. The number of pyridine rings is 2. The Hall–Kier alpha value is -2.18. The van der Waals surface area contributed by atoms with Gasteiger partial charge in [0, 0.05) is 38.1 Å². The highest BCUT2D eigenvalue weighted by atomic mass is 35.5. The van der Waals surface area contributed by atoms with Crippen LogP contribution in [0.25, 0.3) is 0 Å². The van der Waals surface area contributed by atoms with Crippen molar-refractivity contribution in [3.05, 3.63) is 49.1 Å². The number of anilines is 2. The van der Waals surface area contributed by atoms with Crippen molar-refractivity contribution in [1.29, 1.82) is 0 Å². The van der Waals surface area contributed by atoms with Crippen molar-refractivity contribution in [2.24, 2.45) is 0 Å². The average molecular weight is 385 g/mol. The molecule has 0 spiro atoms. The minimum Gasteiger partial charge on any atom is -1.00 e. The molecule has 136 valence electrons. The first-order valence-electron chi connectivity index (χ1n) is 7.56. The normalized spacial score (nSPS) is 9.36. The van der Waals surface area contributed by atoms with Gasteiger partial charge in [-0.3, -0.25) is 9.59 Å². The second-order valence-corrected chi connectivity index (χ2v) is 5.37. The molecule has 0 bridgehead atoms. The highest BCUT2D eigenvalue weighted by molar-refractivity contribution is 5.88. The van der Waals surface area contributed by atoms with Crippen molar-refractivity contribution in [2.45, 2.75) is 33.4 Å². The number of rotatable bonds is 6. The standard InChI is InChI=1S/C17H20N4O2.2ClH/c1-14(22)18-16-4-10-20(11-5-16)8-3-9-21-12-6-17(7-13-21)19-15(2)23;;/h4-7,10-13H,3,8-9H2,1-2H3;2*1H. The van der Waals surface area contributed by atoms with Gasteiger partial charge in [0.1, 0.15) is 0 Å². The summed E-state index contributed by atoms with van der Waals surface area (Å²) in [6.07, 6.45) is 8.80. The first-order chi connectivity index (χ1) is 11.0. The zero-order valence-electron chi connectivity index (χ0n) is 14.2. The molecule has 2 heterocycles. The molecule has 8 heteroatoms. The molecule has 0 aromatic carbocycles. The molecule has 2 aromatic rings. The van der Waals surface area contributed by atoms with Crippen LogP contribution in [0.3, 0.4) is 0 Å². The number of halogens is 2. The lowest BCUT2D eigenvalue weighted by Gasteiger charge is -2.02. The number of nitrogens with one attached hydrogen (secondary N) is 2. The molecule has 0 saturated heterocycles. The SMILES string of the molecule is CC(=O)Nc1cc[n+](CCC[n+]2ccc(NC(C)=O)cc2)cc1.[Cl-].[Cl-]. The van der Waals surface area contributed by atoms with E-state index >= 15 is 0 Å². The van der Waals surface area contributed by atoms with Crippen molar-refractivity contribution in [3.8, 4) is 0 Å². The van der Waals surface area contributed by atoms with Gasteiger partial charge in [-0.15, -0.1) is 0 Å². The fourth-order valence-electron chi connectivity index (χ4n) is 2.22. The Kier molecular flexibility index (Phi) is 10.4. The molecule has 0 aliphatic carbocycles. The molecule has 2 N–H and O–H groups in total. The van der Waals surface area contributed by atoms with Crippen molar-refractivity contribution >= 4 is 23.2 Å². The van der Waals surface area contributed by atoms with Crippen LogP contribution < -0.4 is 44.6 Å². The van der Waals surface area contributed by atoms with Crippen molar-refractivity contribution in [3.63, 3.8) is 0 Å². The summed E-state index contributed by atoms with van der Waals surface area (Å²) in [5, 5.41) is 5.49. The largest absolute Gasteiger partial charge is 1.00 e. The number of carbonyl (C=O) groups excluding carboxylic acids is 2. The predicted octanol–water partition coefficient (Wildman–Crippen LogP) is -4.72. The van der Waals surface area contributed by atoms with Gasteiger partial charge in [-0.2, -0.15) is 0 Å². The van der Waals surface area contributed by atoms with Gasteiger partial charge >= 0.3 is 0 Å². The molecule has 0 atom stereocenters. The summed E-state index contributed by atoms with van der Waals surface area (Å²) in [6.45, 7) is 4.77. The van der Waals surface area contributed by atoms with E-state index in [9.17, 15) is 9.59 Å². The first-order valence-corrected chi connectivity index (χ1v) is 7.56. The van der Waals surface area contributed by atoms with Crippen LogP contribution in [0.5, 0.6) is 0 Å². The number of nitrogens with zero attached hydrogens (tertiary/aromatic N) is 2. The maximum atomic E-state index is 11.0. The second-order valence-electron chi connectivity index (χ2n) is 5.37. The Bertz CT molecular complexity index is 617. The predicted molar refractivity (Wildman–Crippen MR) is 86.5 cm³/mol. The van der Waals surface area contributed by atoms with Crippen LogP contribution in [0.1, 0.15) is 20.3 Å². The van der Waals surface area contributed by atoms with E-state index in [2.05, 4.69) is 19.8 Å². The number of amides is 2. The number of hydrogen-bond donors (Lipinski definition) is 2. The Morgan fingerprint density at radius 2 is 1.08 bits per heavy atom. The fraction of sp³-hybridized carbons (Fsp3) is 0.294. The summed E-state index contributed by atoms with van der Waals surface area (Å²) >= 11 is 0. The third-order valence-corrected chi connectivity index (χ3v) is 3.26. The van der Waals surface area contributed by atoms with E-state index in [0.29, 0.717) is 0 Å². The van der Waals surface area contributed by atoms with Gasteiger partial charge in [0.05, 0.1) is 17.8 Å². The number of carbonyl (C=O) groups is 2. The molecular formula is C17H22Cl2N4O2. The van der Waals surface area contributed by atoms with Crippen LogP contribution in [0.2, 0.25) is 0 Å². The lowest BCUT2D eigenvalue weighted by Crippen LogP contribution is -3.00. The molecule has 2 rings (SSSR count). The highest BCUT2D eigenvalue weighted by Gasteiger charge is 2.06. The van der Waals surface area contributed by atoms with Gasteiger partial charge in [0.25, 0.3) is 0 Å². The summed E-state index contributed by atoms with van der Waals surface area (Å²) < 4.78 is 4.16. The van der Waals surface area contributed by atoms with Gasteiger partial charge in [-0.1, -0.05) is 0 Å². The summed E-state index contributed by atoms with van der Waals surface area (Å²) in [5.41, 5.74) is 1.60. The van der Waals surface area contributed by atoms with Crippen molar-refractivity contribution in [2.75, 3.05) is 10.6 Å². The molecule has 2 aromatic heterocycles. The fourth-order valence-corrected chi connectivity index (χ4v) is 2.22. The minimum absolute atomic E-state index is 0. The van der Waals surface area contributed by atoms with E-state index in [4.69, 9.17) is 0 Å². The van der Waals surface area contributed by atoms with Gasteiger partial charge in [0.15, 0.2) is 37.9 Å². The van der Waals surface area contributed by atoms with Gasteiger partial charge < -0.3 is 35.4 Å². The lowest BCUT2D eigenvalue weighted by atomic mass is 10.3. The number of hydrogen-bond acceptors (Lipinski definition) is 2. The monoisotopic (exact) mass is 384 g/mol. The van der Waals surface area contributed by atoms with E-state index < -0.39 is 0 Å². The van der Waals surface area contributed by atoms with Crippen LogP contribution in [-0.2, 0) is 22.7 Å². The topological polar surface area (TPSA) is 66.0 Å². The quantitative estimate of drug-likeness (QED) is 0.491. The Labute approximate surface area is 160 Å². The molecular weight excluding hydrogens is 363 g/mol. The third kappa shape index (κ3) is 8.47. The molecule has 0 radical (unpaired) electrons. The molecule has 0 aliphatic heterocycles. The van der Waals surface area contributed by atoms with E-state index in [-0.39, 0.29) is 36.6 Å². The van der Waals surface area contributed by atoms with Crippen LogP contribution in [0.4, 0.5) is 11.4 Å². The highest BCUT2D eigenvalue weighted by Crippen LogP contribution is 2.03. The van der Waals surface area contributed by atoms with Crippen LogP contribution in [-0.4, -0.2) is 11.8 Å². The zero-order chi connectivity index (χ0) is 16.7. The molecule has 0 fully saturated rings. The second kappa shape index (κ2) is 11.4. The average Bonchev–Trinajstić information content (AvgIpc) is 2.50. The van der Waals surface area contributed by atoms with Crippen LogP contribution >= 0.6 is 0 Å². The molecule has 25 heavy (non-hydrogen) atoms. The molecule has 0 saturated carbocycles. The first kappa shape index (κ1) is 22.8. The molecule has 0 unspecified atom stereocenters. The number of aryl methyl sites for hydroxylation is 2. The van der Waals surface area contributed by atoms with Crippen LogP contribution in [0.15, 0.2) is 49.1 Å². The lowest BCUT2D eigenvalue weighted by molar-refractivity contribution is -0.726. The van der Waals surface area contributed by atoms with E-state index in [0.717, 1.165) is 30.9 Å². The molecule has 6 nitrogen and oxygen atoms in total. The summed E-state index contributed by atoms with van der Waals surface area (Å²) in [5.74, 6) is -0.135. The Balaban J connectivity index is 0.00000288. The molecule has 2 amide bonds. The van der Waals surface area contributed by atoms with Crippen molar-refractivity contribution < 1.29 is 43.5 Å². The Morgan fingerprint density at radius 3 is 1.36 bits per heavy atom. The maximum Gasteiger partial charge on any atom is 0.221 e. The van der Waals surface area contributed by atoms with Crippen LogP contribution in [0, 0.1) is 0 Å². The Morgan fingerprint density at radius 1 is 0.760 bits per heavy atom. The van der Waals surface area contributed by atoms with Gasteiger partial charge in [0.2, 0.25) is 11.8 Å². The third-order valence-electron chi connectivity index (χ3n) is 3.26.